The first kappa shape index (κ1) is 16.0. The van der Waals surface area contributed by atoms with Crippen molar-refractivity contribution in [2.45, 2.75) is 19.4 Å². The van der Waals surface area contributed by atoms with Crippen molar-refractivity contribution in [1.29, 1.82) is 0 Å². The van der Waals surface area contributed by atoms with Gasteiger partial charge in [0.15, 0.2) is 0 Å². The molecule has 2 heterocycles. The number of aromatic nitrogens is 1. The number of aliphatic hydroxyl groups is 1. The number of nitrogens with zero attached hydrogens (tertiary/aromatic N) is 2. The number of piperidine rings is 1. The van der Waals surface area contributed by atoms with Gasteiger partial charge in [0.25, 0.3) is 5.91 Å². The van der Waals surface area contributed by atoms with Gasteiger partial charge in [0.2, 0.25) is 0 Å². The van der Waals surface area contributed by atoms with Crippen molar-refractivity contribution < 1.29 is 14.6 Å². The highest BCUT2D eigenvalue weighted by Crippen LogP contribution is 2.23. The first-order valence-corrected chi connectivity index (χ1v) is 8.22. The highest BCUT2D eigenvalue weighted by atomic mass is 16.5. The number of benzene rings is 1. The van der Waals surface area contributed by atoms with E-state index in [9.17, 15) is 9.90 Å². The van der Waals surface area contributed by atoms with E-state index in [-0.39, 0.29) is 18.4 Å². The van der Waals surface area contributed by atoms with Crippen LogP contribution in [0.3, 0.4) is 0 Å². The van der Waals surface area contributed by atoms with Crippen molar-refractivity contribution in [2.75, 3.05) is 33.4 Å². The van der Waals surface area contributed by atoms with E-state index < -0.39 is 0 Å². The largest absolute Gasteiger partial charge is 0.396 e. The molecule has 23 heavy (non-hydrogen) atoms. The van der Waals surface area contributed by atoms with E-state index in [4.69, 9.17) is 4.74 Å². The summed E-state index contributed by atoms with van der Waals surface area (Å²) in [5.74, 6) is 0.250. The first-order chi connectivity index (χ1) is 11.2. The number of fused-ring (bicyclic) bond motifs is 1. The SMILES string of the molecule is COCCn1c(C(=O)N2CCCC(CO)C2)cc2ccccc21. The smallest absolute Gasteiger partial charge is 0.270 e. The predicted octanol–water partition coefficient (Wildman–Crippen LogP) is 2.13. The van der Waals surface area contributed by atoms with E-state index >= 15 is 0 Å². The Bertz CT molecular complexity index is 680. The number of rotatable bonds is 5. The first-order valence-electron chi connectivity index (χ1n) is 8.22. The molecule has 1 unspecified atom stereocenters. The fraction of sp³-hybridized carbons (Fsp3) is 0.500. The van der Waals surface area contributed by atoms with Crippen LogP contribution in [0.4, 0.5) is 0 Å². The summed E-state index contributed by atoms with van der Waals surface area (Å²) in [4.78, 5) is 14.9. The Morgan fingerprint density at radius 2 is 2.22 bits per heavy atom. The van der Waals surface area contributed by atoms with E-state index in [0.717, 1.165) is 30.3 Å². The highest BCUT2D eigenvalue weighted by molar-refractivity contribution is 5.98. The summed E-state index contributed by atoms with van der Waals surface area (Å²) in [6, 6.07) is 10.0. The quantitative estimate of drug-likeness (QED) is 0.919. The Kier molecular flexibility index (Phi) is 4.98. The maximum atomic E-state index is 13.0. The fourth-order valence-corrected chi connectivity index (χ4v) is 3.37. The fourth-order valence-electron chi connectivity index (χ4n) is 3.37. The monoisotopic (exact) mass is 316 g/mol. The molecule has 1 fully saturated rings. The van der Waals surface area contributed by atoms with Crippen LogP contribution in [0, 0.1) is 5.92 Å². The van der Waals surface area contributed by atoms with Gasteiger partial charge in [-0.15, -0.1) is 0 Å². The lowest BCUT2D eigenvalue weighted by molar-refractivity contribution is 0.0609. The number of amides is 1. The lowest BCUT2D eigenvalue weighted by atomic mass is 9.99. The standard InChI is InChI=1S/C18H24N2O3/c1-23-10-9-20-16-7-3-2-6-15(16)11-17(20)18(22)19-8-4-5-14(12-19)13-21/h2-3,6-7,11,14,21H,4-5,8-10,12-13H2,1H3. The summed E-state index contributed by atoms with van der Waals surface area (Å²) in [5.41, 5.74) is 1.77. The van der Waals surface area contributed by atoms with Crippen LogP contribution >= 0.6 is 0 Å². The maximum Gasteiger partial charge on any atom is 0.270 e. The number of carbonyl (C=O) groups is 1. The van der Waals surface area contributed by atoms with E-state index in [1.807, 2.05) is 39.8 Å². The lowest BCUT2D eigenvalue weighted by Gasteiger charge is -2.32. The van der Waals surface area contributed by atoms with Crippen molar-refractivity contribution in [3.8, 4) is 0 Å². The topological polar surface area (TPSA) is 54.7 Å². The zero-order chi connectivity index (χ0) is 16.2. The minimum atomic E-state index is 0.0513. The van der Waals surface area contributed by atoms with E-state index in [1.54, 1.807) is 7.11 Å². The number of likely N-dealkylation sites (tertiary alicyclic amines) is 1. The number of methoxy groups -OCH3 is 1. The van der Waals surface area contributed by atoms with Gasteiger partial charge >= 0.3 is 0 Å². The molecule has 0 aliphatic carbocycles. The molecule has 1 aromatic heterocycles. The highest BCUT2D eigenvalue weighted by Gasteiger charge is 2.26. The van der Waals surface area contributed by atoms with Crippen LogP contribution in [-0.4, -0.2) is 53.9 Å². The molecule has 1 atom stereocenters. The van der Waals surface area contributed by atoms with Crippen molar-refractivity contribution in [2.24, 2.45) is 5.92 Å². The second-order valence-electron chi connectivity index (χ2n) is 6.17. The number of hydrogen-bond donors (Lipinski definition) is 1. The number of carbonyl (C=O) groups excluding carboxylic acids is 1. The van der Waals surface area contributed by atoms with Crippen LogP contribution < -0.4 is 0 Å². The number of aliphatic hydroxyl groups excluding tert-OH is 1. The molecule has 1 amide bonds. The van der Waals surface area contributed by atoms with Crippen LogP contribution in [0.2, 0.25) is 0 Å². The Hall–Kier alpha value is -1.85. The molecule has 5 heteroatoms. The average molecular weight is 316 g/mol. The molecule has 0 spiro atoms. The molecule has 5 nitrogen and oxygen atoms in total. The molecule has 1 aliphatic heterocycles. The molecular weight excluding hydrogens is 292 g/mol. The van der Waals surface area contributed by atoms with Crippen molar-refractivity contribution in [1.82, 2.24) is 9.47 Å². The van der Waals surface area contributed by atoms with Crippen LogP contribution in [0.25, 0.3) is 10.9 Å². The van der Waals surface area contributed by atoms with Gasteiger partial charge in [-0.05, 0) is 30.9 Å². The normalized spacial score (nSPS) is 18.5. The second kappa shape index (κ2) is 7.15. The van der Waals surface area contributed by atoms with Crippen LogP contribution in [0.5, 0.6) is 0 Å². The molecular formula is C18H24N2O3. The summed E-state index contributed by atoms with van der Waals surface area (Å²) in [6.07, 6.45) is 1.95. The maximum absolute atomic E-state index is 13.0. The van der Waals surface area contributed by atoms with Gasteiger partial charge < -0.3 is 19.3 Å². The van der Waals surface area contributed by atoms with Gasteiger partial charge in [0.1, 0.15) is 5.69 Å². The summed E-state index contributed by atoms with van der Waals surface area (Å²) < 4.78 is 7.25. The van der Waals surface area contributed by atoms with Gasteiger partial charge in [-0.25, -0.2) is 0 Å². The number of ether oxygens (including phenoxy) is 1. The third kappa shape index (κ3) is 3.26. The zero-order valence-corrected chi connectivity index (χ0v) is 13.6. The summed E-state index contributed by atoms with van der Waals surface area (Å²) >= 11 is 0. The van der Waals surface area contributed by atoms with Gasteiger partial charge in [0.05, 0.1) is 6.61 Å². The average Bonchev–Trinajstić information content (AvgIpc) is 2.98. The molecule has 3 rings (SSSR count). The van der Waals surface area contributed by atoms with Crippen molar-refractivity contribution in [3.63, 3.8) is 0 Å². The molecule has 0 saturated carbocycles. The third-order valence-corrected chi connectivity index (χ3v) is 4.61. The van der Waals surface area contributed by atoms with Gasteiger partial charge in [-0.3, -0.25) is 4.79 Å². The Balaban J connectivity index is 1.92. The van der Waals surface area contributed by atoms with E-state index in [2.05, 4.69) is 0 Å². The van der Waals surface area contributed by atoms with Crippen molar-refractivity contribution in [3.05, 3.63) is 36.0 Å². The lowest BCUT2D eigenvalue weighted by Crippen LogP contribution is -2.41. The van der Waals surface area contributed by atoms with Crippen LogP contribution in [-0.2, 0) is 11.3 Å². The van der Waals surface area contributed by atoms with Crippen LogP contribution in [0.15, 0.2) is 30.3 Å². The molecule has 0 radical (unpaired) electrons. The molecule has 2 aromatic rings. The minimum absolute atomic E-state index is 0.0513. The zero-order valence-electron chi connectivity index (χ0n) is 13.6. The van der Waals surface area contributed by atoms with Crippen molar-refractivity contribution >= 4 is 16.8 Å². The Labute approximate surface area is 136 Å². The van der Waals surface area contributed by atoms with Gasteiger partial charge in [-0.2, -0.15) is 0 Å². The van der Waals surface area contributed by atoms with Gasteiger partial charge in [0, 0.05) is 44.3 Å². The second-order valence-corrected chi connectivity index (χ2v) is 6.17. The molecule has 1 aromatic carbocycles. The summed E-state index contributed by atoms with van der Waals surface area (Å²) in [6.45, 7) is 2.78. The van der Waals surface area contributed by atoms with E-state index in [0.29, 0.717) is 25.4 Å². The predicted molar refractivity (Wildman–Crippen MR) is 89.5 cm³/mol. The minimum Gasteiger partial charge on any atom is -0.396 e. The van der Waals surface area contributed by atoms with Crippen LogP contribution in [0.1, 0.15) is 23.3 Å². The summed E-state index contributed by atoms with van der Waals surface area (Å²) in [5, 5.41) is 10.5. The molecule has 124 valence electrons. The van der Waals surface area contributed by atoms with Gasteiger partial charge in [-0.1, -0.05) is 18.2 Å². The number of hydrogen-bond acceptors (Lipinski definition) is 3. The van der Waals surface area contributed by atoms with E-state index in [1.165, 1.54) is 0 Å². The molecule has 1 saturated heterocycles. The Morgan fingerprint density at radius 1 is 1.39 bits per heavy atom. The summed E-state index contributed by atoms with van der Waals surface area (Å²) in [7, 11) is 1.67. The Morgan fingerprint density at radius 3 is 3.00 bits per heavy atom. The number of para-hydroxylation sites is 1. The third-order valence-electron chi connectivity index (χ3n) is 4.61. The molecule has 1 N–H and O–H groups in total. The molecule has 1 aliphatic rings. The molecule has 0 bridgehead atoms.